The van der Waals surface area contributed by atoms with Crippen molar-refractivity contribution >= 4 is 32.5 Å². The molecule has 0 bridgehead atoms. The first-order chi connectivity index (χ1) is 10.3. The van der Waals surface area contributed by atoms with E-state index >= 15 is 0 Å². The van der Waals surface area contributed by atoms with Gasteiger partial charge in [-0.2, -0.15) is 0 Å². The van der Waals surface area contributed by atoms with Crippen molar-refractivity contribution in [2.24, 2.45) is 0 Å². The summed E-state index contributed by atoms with van der Waals surface area (Å²) in [5, 5.41) is 8.19. The number of aromatic nitrogens is 1. The lowest BCUT2D eigenvalue weighted by molar-refractivity contribution is 0.765. The lowest BCUT2D eigenvalue weighted by atomic mass is 10.1. The first-order valence-corrected chi connectivity index (χ1v) is 7.91. The van der Waals surface area contributed by atoms with Crippen molar-refractivity contribution < 1.29 is 0 Å². The Labute approximate surface area is 131 Å². The third-order valence-corrected chi connectivity index (χ3v) is 4.50. The zero-order valence-electron chi connectivity index (χ0n) is 11.5. The van der Waals surface area contributed by atoms with Crippen LogP contribution in [-0.4, -0.2) is 4.98 Å². The van der Waals surface area contributed by atoms with Crippen molar-refractivity contribution in [1.29, 1.82) is 0 Å². The number of hydrogen-bond donors (Lipinski definition) is 3. The molecule has 3 N–H and O–H groups in total. The van der Waals surface area contributed by atoms with Crippen LogP contribution in [0.5, 0.6) is 0 Å². The lowest BCUT2D eigenvalue weighted by Crippen LogP contribution is -2.01. The van der Waals surface area contributed by atoms with Crippen molar-refractivity contribution in [2.45, 2.75) is 19.6 Å². The predicted molar refractivity (Wildman–Crippen MR) is 90.3 cm³/mol. The molecule has 0 saturated heterocycles. The van der Waals surface area contributed by atoms with E-state index in [1.165, 1.54) is 33.3 Å². The highest BCUT2D eigenvalue weighted by molar-refractivity contribution is 9.10. The lowest BCUT2D eigenvalue weighted by Gasteiger charge is -2.10. The Morgan fingerprint density at radius 3 is 2.90 bits per heavy atom. The number of aromatic amines is 1. The van der Waals surface area contributed by atoms with Gasteiger partial charge in [0.05, 0.1) is 0 Å². The largest absolute Gasteiger partial charge is 0.381 e. The van der Waals surface area contributed by atoms with Gasteiger partial charge >= 0.3 is 0 Å². The quantitative estimate of drug-likeness (QED) is 0.669. The molecule has 4 heteroatoms. The van der Waals surface area contributed by atoms with E-state index in [0.29, 0.717) is 0 Å². The average molecular weight is 342 g/mol. The normalized spacial score (nSPS) is 13.6. The molecule has 3 nitrogen and oxygen atoms in total. The third-order valence-electron chi connectivity index (χ3n) is 4.04. The Hall–Kier alpha value is -1.78. The monoisotopic (exact) mass is 341 g/mol. The third kappa shape index (κ3) is 2.45. The number of fused-ring (bicyclic) bond motifs is 2. The number of halogens is 1. The second-order valence-electron chi connectivity index (χ2n) is 5.44. The molecule has 4 rings (SSSR count). The Morgan fingerprint density at radius 2 is 1.95 bits per heavy atom. The summed E-state index contributed by atoms with van der Waals surface area (Å²) in [7, 11) is 0. The maximum Gasteiger partial charge on any atom is 0.0468 e. The van der Waals surface area contributed by atoms with Crippen LogP contribution < -0.4 is 10.6 Å². The van der Waals surface area contributed by atoms with E-state index < -0.39 is 0 Å². The summed E-state index contributed by atoms with van der Waals surface area (Å²) in [6.45, 7) is 2.79. The van der Waals surface area contributed by atoms with Crippen LogP contribution in [0.4, 0.5) is 5.69 Å². The first-order valence-electron chi connectivity index (χ1n) is 7.11. The number of anilines is 1. The predicted octanol–water partition coefficient (Wildman–Crippen LogP) is 4.15. The van der Waals surface area contributed by atoms with Crippen molar-refractivity contribution in [2.75, 3.05) is 5.32 Å². The molecule has 0 aliphatic carbocycles. The van der Waals surface area contributed by atoms with Gasteiger partial charge < -0.3 is 15.6 Å². The molecule has 0 fully saturated rings. The number of hydrogen-bond acceptors (Lipinski definition) is 2. The van der Waals surface area contributed by atoms with Gasteiger partial charge in [-0.15, -0.1) is 0 Å². The van der Waals surface area contributed by atoms with E-state index in [2.05, 4.69) is 67.9 Å². The van der Waals surface area contributed by atoms with Crippen LogP contribution in [0.25, 0.3) is 10.9 Å². The molecule has 0 radical (unpaired) electrons. The van der Waals surface area contributed by atoms with Gasteiger partial charge in [0.25, 0.3) is 0 Å². The molecule has 1 aliphatic rings. The molecular formula is C17H16BrN3. The Morgan fingerprint density at radius 1 is 1.05 bits per heavy atom. The van der Waals surface area contributed by atoms with Crippen molar-refractivity contribution in [3.05, 3.63) is 63.8 Å². The van der Waals surface area contributed by atoms with Gasteiger partial charge in [0.15, 0.2) is 0 Å². The van der Waals surface area contributed by atoms with Crippen molar-refractivity contribution in [3.63, 3.8) is 0 Å². The van der Waals surface area contributed by atoms with Crippen LogP contribution in [0, 0.1) is 0 Å². The molecule has 21 heavy (non-hydrogen) atoms. The molecule has 2 heterocycles. The molecule has 0 saturated carbocycles. The first kappa shape index (κ1) is 12.9. The highest BCUT2D eigenvalue weighted by Crippen LogP contribution is 2.25. The van der Waals surface area contributed by atoms with E-state index in [-0.39, 0.29) is 0 Å². The van der Waals surface area contributed by atoms with Crippen LogP contribution >= 0.6 is 15.9 Å². The van der Waals surface area contributed by atoms with Gasteiger partial charge in [0, 0.05) is 46.9 Å². The van der Waals surface area contributed by atoms with Crippen LogP contribution in [0.3, 0.4) is 0 Å². The van der Waals surface area contributed by atoms with Gasteiger partial charge in [-0.1, -0.05) is 22.0 Å². The van der Waals surface area contributed by atoms with E-state index in [4.69, 9.17) is 0 Å². The maximum atomic E-state index is 3.58. The average Bonchev–Trinajstić information content (AvgIpc) is 3.12. The second-order valence-corrected chi connectivity index (χ2v) is 6.36. The highest BCUT2D eigenvalue weighted by atomic mass is 79.9. The van der Waals surface area contributed by atoms with Gasteiger partial charge in [-0.3, -0.25) is 0 Å². The summed E-state index contributed by atoms with van der Waals surface area (Å²) in [4.78, 5) is 3.27. The SMILES string of the molecule is Brc1cc(CNc2ccc3c(c2)CNC3)c2cc[nH]c2c1. The summed E-state index contributed by atoms with van der Waals surface area (Å²) in [6, 6.07) is 13.0. The molecule has 3 aromatic rings. The van der Waals surface area contributed by atoms with Crippen LogP contribution in [0.2, 0.25) is 0 Å². The minimum atomic E-state index is 0.819. The highest BCUT2D eigenvalue weighted by Gasteiger charge is 2.10. The molecule has 0 amide bonds. The van der Waals surface area contributed by atoms with Crippen LogP contribution in [0.1, 0.15) is 16.7 Å². The minimum absolute atomic E-state index is 0.819. The maximum absolute atomic E-state index is 3.58. The fourth-order valence-electron chi connectivity index (χ4n) is 2.95. The summed E-state index contributed by atoms with van der Waals surface area (Å²) >= 11 is 3.58. The zero-order valence-corrected chi connectivity index (χ0v) is 13.1. The van der Waals surface area contributed by atoms with Crippen LogP contribution in [0.15, 0.2) is 47.1 Å². The van der Waals surface area contributed by atoms with Crippen molar-refractivity contribution in [1.82, 2.24) is 10.3 Å². The molecule has 1 aliphatic heterocycles. The van der Waals surface area contributed by atoms with Gasteiger partial charge in [0.2, 0.25) is 0 Å². The fraction of sp³-hybridized carbons (Fsp3) is 0.176. The molecule has 0 spiro atoms. The number of nitrogens with one attached hydrogen (secondary N) is 3. The molecular weight excluding hydrogens is 326 g/mol. The molecule has 2 aromatic carbocycles. The minimum Gasteiger partial charge on any atom is -0.381 e. The Kier molecular flexibility index (Phi) is 3.20. The van der Waals surface area contributed by atoms with E-state index in [1.807, 2.05) is 6.20 Å². The molecule has 0 unspecified atom stereocenters. The smallest absolute Gasteiger partial charge is 0.0468 e. The molecule has 106 valence electrons. The topological polar surface area (TPSA) is 39.8 Å². The van der Waals surface area contributed by atoms with Crippen molar-refractivity contribution in [3.8, 4) is 0 Å². The molecule has 0 atom stereocenters. The van der Waals surface area contributed by atoms with Crippen LogP contribution in [-0.2, 0) is 19.6 Å². The second kappa shape index (κ2) is 5.20. The van der Waals surface area contributed by atoms with E-state index in [1.54, 1.807) is 0 Å². The Bertz CT molecular complexity index is 807. The summed E-state index contributed by atoms with van der Waals surface area (Å²) in [5.74, 6) is 0. The van der Waals surface area contributed by atoms with E-state index in [0.717, 1.165) is 24.1 Å². The van der Waals surface area contributed by atoms with Gasteiger partial charge in [0.1, 0.15) is 0 Å². The molecule has 1 aromatic heterocycles. The zero-order chi connectivity index (χ0) is 14.2. The summed E-state index contributed by atoms with van der Waals surface area (Å²) in [6.07, 6.45) is 1.99. The van der Waals surface area contributed by atoms with E-state index in [9.17, 15) is 0 Å². The Balaban J connectivity index is 1.59. The number of rotatable bonds is 3. The number of benzene rings is 2. The summed E-state index contributed by atoms with van der Waals surface area (Å²) in [5.41, 5.74) is 6.46. The summed E-state index contributed by atoms with van der Waals surface area (Å²) < 4.78 is 1.10. The fourth-order valence-corrected chi connectivity index (χ4v) is 3.46. The van der Waals surface area contributed by atoms with Gasteiger partial charge in [-0.05, 0) is 47.0 Å². The number of H-pyrrole nitrogens is 1. The van der Waals surface area contributed by atoms with Gasteiger partial charge in [-0.25, -0.2) is 0 Å². The standard InChI is InChI=1S/C17H16BrN3/c18-14-5-13(16-3-4-20-17(16)7-14)10-21-15-2-1-11-8-19-9-12(11)6-15/h1-7,19-21H,8-10H2.